The van der Waals surface area contributed by atoms with Crippen LogP contribution in [0.3, 0.4) is 0 Å². The van der Waals surface area contributed by atoms with E-state index in [0.29, 0.717) is 0 Å². The van der Waals surface area contributed by atoms with E-state index < -0.39 is 0 Å². The first-order valence-corrected chi connectivity index (χ1v) is 8.44. The molecule has 1 N–H and O–H groups in total. The largest absolute Gasteiger partial charge is 0.376 e. The highest BCUT2D eigenvalue weighted by Crippen LogP contribution is 2.40. The van der Waals surface area contributed by atoms with Gasteiger partial charge in [0.25, 0.3) is 0 Å². The topological polar surface area (TPSA) is 42.7 Å². The number of nitrogens with one attached hydrogen (secondary N) is 1. The first kappa shape index (κ1) is 14.9. The maximum atomic E-state index is 4.81. The Kier molecular flexibility index (Phi) is 3.60. The molecule has 4 nitrogen and oxygen atoms in total. The Labute approximate surface area is 142 Å². The van der Waals surface area contributed by atoms with Gasteiger partial charge in [-0.3, -0.25) is 0 Å². The van der Waals surface area contributed by atoms with Crippen molar-refractivity contribution in [1.29, 1.82) is 0 Å². The summed E-state index contributed by atoms with van der Waals surface area (Å²) in [6.07, 6.45) is 2.00. The summed E-state index contributed by atoms with van der Waals surface area (Å²) in [5.41, 5.74) is 4.51. The molecule has 0 spiro atoms. The highest BCUT2D eigenvalue weighted by Gasteiger charge is 2.36. The molecule has 0 bridgehead atoms. The van der Waals surface area contributed by atoms with Crippen molar-refractivity contribution in [1.82, 2.24) is 15.0 Å². The van der Waals surface area contributed by atoms with Crippen LogP contribution in [0.15, 0.2) is 60.7 Å². The summed E-state index contributed by atoms with van der Waals surface area (Å²) in [4.78, 5) is 1.77. The molecule has 2 aromatic carbocycles. The maximum Gasteiger partial charge on any atom is 0.109 e. The van der Waals surface area contributed by atoms with Crippen LogP contribution in [0.1, 0.15) is 37.7 Å². The molecule has 0 saturated heterocycles. The number of fused-ring (bicyclic) bond motifs is 1. The van der Waals surface area contributed by atoms with Crippen LogP contribution in [-0.2, 0) is 6.42 Å². The Balaban J connectivity index is 1.71. The van der Waals surface area contributed by atoms with E-state index in [2.05, 4.69) is 43.4 Å². The lowest BCUT2D eigenvalue weighted by Gasteiger charge is -2.34. The summed E-state index contributed by atoms with van der Waals surface area (Å²) in [6.45, 7) is 4.61. The molecule has 1 aliphatic rings. The van der Waals surface area contributed by atoms with Crippen LogP contribution in [-0.4, -0.2) is 15.0 Å². The summed E-state index contributed by atoms with van der Waals surface area (Å²) < 4.78 is 0. The van der Waals surface area contributed by atoms with Gasteiger partial charge in [0.1, 0.15) is 5.69 Å². The van der Waals surface area contributed by atoms with Crippen molar-refractivity contribution in [2.24, 2.45) is 5.41 Å². The number of para-hydroxylation sites is 2. The minimum atomic E-state index is 0.184. The van der Waals surface area contributed by atoms with Crippen LogP contribution in [0.5, 0.6) is 0 Å². The molecular formula is C20H22N4. The van der Waals surface area contributed by atoms with Crippen molar-refractivity contribution >= 4 is 5.69 Å². The number of hydrogen-bond acceptors (Lipinski definition) is 3. The number of aromatic nitrogens is 3. The zero-order valence-corrected chi connectivity index (χ0v) is 14.1. The molecule has 0 saturated carbocycles. The Hall–Kier alpha value is -2.62. The lowest BCUT2D eigenvalue weighted by Crippen LogP contribution is -2.29. The first-order chi connectivity index (χ1) is 11.6. The third-order valence-corrected chi connectivity index (χ3v) is 4.55. The Morgan fingerprint density at radius 2 is 1.62 bits per heavy atom. The zero-order chi connectivity index (χ0) is 16.6. The molecule has 3 aromatic rings. The minimum Gasteiger partial charge on any atom is -0.376 e. The summed E-state index contributed by atoms with van der Waals surface area (Å²) in [6, 6.07) is 20.6. The van der Waals surface area contributed by atoms with Crippen molar-refractivity contribution in [3.05, 3.63) is 72.1 Å². The van der Waals surface area contributed by atoms with E-state index in [1.54, 1.807) is 4.80 Å². The van der Waals surface area contributed by atoms with E-state index in [4.69, 9.17) is 10.2 Å². The highest BCUT2D eigenvalue weighted by molar-refractivity contribution is 5.45. The molecular weight excluding hydrogens is 296 g/mol. The Morgan fingerprint density at radius 3 is 2.33 bits per heavy atom. The highest BCUT2D eigenvalue weighted by atomic mass is 15.5. The molecule has 0 aliphatic heterocycles. The molecule has 1 aromatic heterocycles. The average molecular weight is 318 g/mol. The van der Waals surface area contributed by atoms with E-state index in [0.717, 1.165) is 35.6 Å². The van der Waals surface area contributed by atoms with Crippen molar-refractivity contribution < 1.29 is 0 Å². The molecule has 4 rings (SSSR count). The Morgan fingerprint density at radius 1 is 0.958 bits per heavy atom. The van der Waals surface area contributed by atoms with Gasteiger partial charge < -0.3 is 5.32 Å². The number of rotatable bonds is 3. The number of benzene rings is 2. The smallest absolute Gasteiger partial charge is 0.109 e. The normalized spacial score (nSPS) is 18.8. The standard InChI is InChI=1S/C20H22N4/c1-20(2)13-17(21-15-9-5-3-6-10-15)19-18(14-20)22-24(23-19)16-11-7-4-8-12-16/h3-12,17,21H,13-14H2,1-2H3. The average Bonchev–Trinajstić information content (AvgIpc) is 2.99. The molecule has 0 fully saturated rings. The summed E-state index contributed by atoms with van der Waals surface area (Å²) >= 11 is 0. The van der Waals surface area contributed by atoms with Gasteiger partial charge >= 0.3 is 0 Å². The van der Waals surface area contributed by atoms with Crippen LogP contribution in [0.4, 0.5) is 5.69 Å². The van der Waals surface area contributed by atoms with Crippen molar-refractivity contribution in [2.75, 3.05) is 5.32 Å². The fraction of sp³-hybridized carbons (Fsp3) is 0.300. The van der Waals surface area contributed by atoms with E-state index in [9.17, 15) is 0 Å². The molecule has 0 amide bonds. The Bertz CT molecular complexity index is 821. The van der Waals surface area contributed by atoms with Crippen LogP contribution < -0.4 is 5.32 Å². The summed E-state index contributed by atoms with van der Waals surface area (Å²) in [7, 11) is 0. The predicted molar refractivity (Wildman–Crippen MR) is 96.3 cm³/mol. The summed E-state index contributed by atoms with van der Waals surface area (Å²) in [5, 5.41) is 13.2. The van der Waals surface area contributed by atoms with Gasteiger partial charge in [-0.05, 0) is 42.5 Å². The van der Waals surface area contributed by atoms with E-state index in [-0.39, 0.29) is 11.5 Å². The van der Waals surface area contributed by atoms with Gasteiger partial charge in [-0.2, -0.15) is 15.0 Å². The van der Waals surface area contributed by atoms with Crippen molar-refractivity contribution in [3.8, 4) is 5.69 Å². The zero-order valence-electron chi connectivity index (χ0n) is 14.1. The molecule has 0 radical (unpaired) electrons. The van der Waals surface area contributed by atoms with Gasteiger partial charge in [0.2, 0.25) is 0 Å². The van der Waals surface area contributed by atoms with Gasteiger partial charge in [0, 0.05) is 5.69 Å². The molecule has 1 atom stereocenters. The minimum absolute atomic E-state index is 0.184. The second-order valence-corrected chi connectivity index (χ2v) is 7.26. The van der Waals surface area contributed by atoms with Gasteiger partial charge in [0.05, 0.1) is 17.4 Å². The van der Waals surface area contributed by atoms with Crippen LogP contribution >= 0.6 is 0 Å². The van der Waals surface area contributed by atoms with Crippen molar-refractivity contribution in [3.63, 3.8) is 0 Å². The molecule has 1 heterocycles. The fourth-order valence-electron chi connectivity index (χ4n) is 3.45. The summed E-state index contributed by atoms with van der Waals surface area (Å²) in [5.74, 6) is 0. The van der Waals surface area contributed by atoms with Crippen molar-refractivity contribution in [2.45, 2.75) is 32.7 Å². The van der Waals surface area contributed by atoms with Gasteiger partial charge in [0.15, 0.2) is 0 Å². The van der Waals surface area contributed by atoms with Gasteiger partial charge in [-0.1, -0.05) is 50.2 Å². The first-order valence-electron chi connectivity index (χ1n) is 8.44. The monoisotopic (exact) mass is 318 g/mol. The molecule has 1 aliphatic carbocycles. The second-order valence-electron chi connectivity index (χ2n) is 7.26. The van der Waals surface area contributed by atoms with E-state index >= 15 is 0 Å². The lowest BCUT2D eigenvalue weighted by molar-refractivity contribution is 0.286. The molecule has 4 heteroatoms. The van der Waals surface area contributed by atoms with Crippen LogP contribution in [0.2, 0.25) is 0 Å². The molecule has 122 valence electrons. The van der Waals surface area contributed by atoms with E-state index in [1.165, 1.54) is 0 Å². The fourth-order valence-corrected chi connectivity index (χ4v) is 3.45. The number of hydrogen-bond donors (Lipinski definition) is 1. The number of anilines is 1. The van der Waals surface area contributed by atoms with Gasteiger partial charge in [-0.25, -0.2) is 0 Å². The second kappa shape index (κ2) is 5.78. The van der Waals surface area contributed by atoms with Gasteiger partial charge in [-0.15, -0.1) is 0 Å². The third kappa shape index (κ3) is 2.92. The number of nitrogens with zero attached hydrogens (tertiary/aromatic N) is 3. The lowest BCUT2D eigenvalue weighted by atomic mass is 9.75. The van der Waals surface area contributed by atoms with Crippen LogP contribution in [0.25, 0.3) is 5.69 Å². The molecule has 1 unspecified atom stereocenters. The van der Waals surface area contributed by atoms with Crippen LogP contribution in [0, 0.1) is 5.41 Å². The third-order valence-electron chi connectivity index (χ3n) is 4.55. The predicted octanol–water partition coefficient (Wildman–Crippen LogP) is 4.39. The maximum absolute atomic E-state index is 4.81. The van der Waals surface area contributed by atoms with E-state index in [1.807, 2.05) is 36.4 Å². The SMILES string of the molecule is CC1(C)Cc2nn(-c3ccccc3)nc2C(Nc2ccccc2)C1. The quantitative estimate of drug-likeness (QED) is 0.778. The molecule has 24 heavy (non-hydrogen) atoms.